The summed E-state index contributed by atoms with van der Waals surface area (Å²) in [5.74, 6) is -2.05. The molecule has 13 heteroatoms. The minimum absolute atomic E-state index is 0.102. The number of aliphatic hydroxyl groups is 3. The van der Waals surface area contributed by atoms with E-state index in [-0.39, 0.29) is 19.4 Å². The molecule has 1 aliphatic rings. The second-order valence-corrected chi connectivity index (χ2v) is 19.3. The van der Waals surface area contributed by atoms with Crippen LogP contribution in [0.2, 0.25) is 0 Å². The number of carbonyl (C=O) groups is 2. The second kappa shape index (κ2) is 41.1. The van der Waals surface area contributed by atoms with Gasteiger partial charge in [-0.1, -0.05) is 172 Å². The van der Waals surface area contributed by atoms with Crippen LogP contribution in [-0.2, 0) is 38.7 Å². The molecule has 374 valence electrons. The molecule has 6 atom stereocenters. The molecule has 1 fully saturated rings. The van der Waals surface area contributed by atoms with Gasteiger partial charge >= 0.3 is 11.9 Å². The first-order valence-electron chi connectivity index (χ1n) is 25.5. The average Bonchev–Trinajstić information content (AvgIpc) is 3.26. The lowest BCUT2D eigenvalue weighted by molar-refractivity contribution is -0.297. The highest BCUT2D eigenvalue weighted by Crippen LogP contribution is 2.24. The maximum absolute atomic E-state index is 12.8. The van der Waals surface area contributed by atoms with Crippen LogP contribution in [0.3, 0.4) is 0 Å². The van der Waals surface area contributed by atoms with Crippen molar-refractivity contribution in [2.45, 2.75) is 256 Å². The molecule has 64 heavy (non-hydrogen) atoms. The Bertz CT molecular complexity index is 1320. The summed E-state index contributed by atoms with van der Waals surface area (Å²) in [4.78, 5) is 25.4. The summed E-state index contributed by atoms with van der Waals surface area (Å²) in [5, 5.41) is 30.9. The van der Waals surface area contributed by atoms with Crippen molar-refractivity contribution in [3.8, 4) is 0 Å². The highest BCUT2D eigenvalue weighted by atomic mass is 32.2. The van der Waals surface area contributed by atoms with E-state index in [4.69, 9.17) is 18.9 Å². The SMILES string of the molecule is CCCCCCCC/C=C/CCCCCC(=O)OC[C@H](CO[C@H]1O[C@H](CS(=O)(=O)O)[C@@H](O)C(O)C1O)OC(=O)CCC/C=C/CC/C=C/CCCCCCCCCCCCCCCC. The number of hydrogen-bond acceptors (Lipinski definition) is 11. The van der Waals surface area contributed by atoms with Gasteiger partial charge in [-0.3, -0.25) is 14.1 Å². The van der Waals surface area contributed by atoms with E-state index in [1.54, 1.807) is 0 Å². The van der Waals surface area contributed by atoms with Gasteiger partial charge in [0.1, 0.15) is 36.8 Å². The van der Waals surface area contributed by atoms with Crippen LogP contribution in [0.5, 0.6) is 0 Å². The van der Waals surface area contributed by atoms with Crippen molar-refractivity contribution < 1.29 is 56.8 Å². The minimum atomic E-state index is -4.61. The fraction of sp³-hybridized carbons (Fsp3) is 0.843. The molecule has 0 bridgehead atoms. The van der Waals surface area contributed by atoms with Gasteiger partial charge in [-0.15, -0.1) is 0 Å². The predicted octanol–water partition coefficient (Wildman–Crippen LogP) is 11.3. The minimum Gasteiger partial charge on any atom is -0.462 e. The Hall–Kier alpha value is -2.13. The molecule has 0 aromatic heterocycles. The van der Waals surface area contributed by atoms with Crippen molar-refractivity contribution in [2.75, 3.05) is 19.0 Å². The molecule has 2 unspecified atom stereocenters. The number of allylic oxidation sites excluding steroid dienone is 6. The molecule has 1 saturated heterocycles. The lowest BCUT2D eigenvalue weighted by Crippen LogP contribution is -2.60. The van der Waals surface area contributed by atoms with Crippen LogP contribution < -0.4 is 0 Å². The Kier molecular flexibility index (Phi) is 38.4. The third-order valence-corrected chi connectivity index (χ3v) is 12.4. The molecular formula is C51H92O12S. The van der Waals surface area contributed by atoms with E-state index in [9.17, 15) is 37.9 Å². The van der Waals surface area contributed by atoms with Crippen molar-refractivity contribution >= 4 is 22.1 Å². The van der Waals surface area contributed by atoms with Crippen molar-refractivity contribution in [3.05, 3.63) is 36.5 Å². The Labute approximate surface area is 389 Å². The molecule has 0 aromatic rings. The Morgan fingerprint density at radius 2 is 0.922 bits per heavy atom. The van der Waals surface area contributed by atoms with Crippen LogP contribution in [-0.4, -0.2) is 96.0 Å². The first kappa shape index (κ1) is 59.9. The van der Waals surface area contributed by atoms with Gasteiger partial charge in [-0.2, -0.15) is 8.42 Å². The molecule has 0 aliphatic carbocycles. The summed E-state index contributed by atoms with van der Waals surface area (Å²) in [6, 6.07) is 0. The number of esters is 2. The summed E-state index contributed by atoms with van der Waals surface area (Å²) >= 11 is 0. The summed E-state index contributed by atoms with van der Waals surface area (Å²) < 4.78 is 54.1. The number of ether oxygens (including phenoxy) is 4. The van der Waals surface area contributed by atoms with Gasteiger partial charge in [-0.05, 0) is 70.6 Å². The zero-order chi connectivity index (χ0) is 46.9. The van der Waals surface area contributed by atoms with E-state index in [1.807, 2.05) is 0 Å². The highest BCUT2D eigenvalue weighted by Gasteiger charge is 2.46. The first-order valence-corrected chi connectivity index (χ1v) is 27.2. The third-order valence-electron chi connectivity index (χ3n) is 11.7. The Morgan fingerprint density at radius 3 is 1.39 bits per heavy atom. The highest BCUT2D eigenvalue weighted by molar-refractivity contribution is 7.85. The zero-order valence-corrected chi connectivity index (χ0v) is 41.0. The second-order valence-electron chi connectivity index (χ2n) is 17.8. The summed E-state index contributed by atoms with van der Waals surface area (Å²) in [7, 11) is -4.61. The zero-order valence-electron chi connectivity index (χ0n) is 40.1. The normalized spacial score (nSPS) is 19.9. The van der Waals surface area contributed by atoms with Crippen LogP contribution in [0.15, 0.2) is 36.5 Å². The fourth-order valence-corrected chi connectivity index (χ4v) is 8.38. The molecule has 0 spiro atoms. The van der Waals surface area contributed by atoms with E-state index in [2.05, 4.69) is 50.3 Å². The largest absolute Gasteiger partial charge is 0.462 e. The van der Waals surface area contributed by atoms with Crippen molar-refractivity contribution in [1.29, 1.82) is 0 Å². The molecular weight excluding hydrogens is 837 g/mol. The number of unbranched alkanes of at least 4 members (excludes halogenated alkanes) is 25. The standard InChI is InChI=1S/C51H92O12S/c1-3-5-7-9-11-13-15-17-18-19-20-21-22-23-24-25-26-28-30-32-34-36-38-40-47(53)62-44(42-61-51-50(56)49(55)48(54)45(63-51)43-64(57,58)59)41-60-46(52)39-37-35-33-31-29-27-16-14-12-10-8-6-4-2/h25-27,29,32,34,44-45,48-51,54-56H,3-24,28,30-31,33,35-43H2,1-2H3,(H,57,58,59)/b26-25+,29-27+,34-32+/t44-,45-,48-,49?,50?,51+/m1/s1. The van der Waals surface area contributed by atoms with Crippen LogP contribution in [0.4, 0.5) is 0 Å². The first-order chi connectivity index (χ1) is 31.0. The van der Waals surface area contributed by atoms with E-state index in [0.717, 1.165) is 44.9 Å². The van der Waals surface area contributed by atoms with Crippen molar-refractivity contribution in [3.63, 3.8) is 0 Å². The number of aliphatic hydroxyl groups excluding tert-OH is 3. The quantitative estimate of drug-likeness (QED) is 0.0196. The molecule has 0 saturated carbocycles. The van der Waals surface area contributed by atoms with E-state index >= 15 is 0 Å². The monoisotopic (exact) mass is 929 g/mol. The number of rotatable bonds is 43. The molecule has 0 amide bonds. The van der Waals surface area contributed by atoms with Gasteiger partial charge < -0.3 is 34.3 Å². The summed E-state index contributed by atoms with van der Waals surface area (Å²) in [5.41, 5.74) is 0. The Balaban J connectivity index is 2.39. The predicted molar refractivity (Wildman–Crippen MR) is 256 cm³/mol. The van der Waals surface area contributed by atoms with Crippen LogP contribution >= 0.6 is 0 Å². The lowest BCUT2D eigenvalue weighted by atomic mass is 10.00. The van der Waals surface area contributed by atoms with E-state index in [0.29, 0.717) is 19.3 Å². The van der Waals surface area contributed by atoms with Gasteiger partial charge in [-0.25, -0.2) is 0 Å². The maximum Gasteiger partial charge on any atom is 0.306 e. The van der Waals surface area contributed by atoms with Gasteiger partial charge in [0.15, 0.2) is 12.4 Å². The van der Waals surface area contributed by atoms with Gasteiger partial charge in [0.05, 0.1) is 6.61 Å². The van der Waals surface area contributed by atoms with Crippen molar-refractivity contribution in [1.82, 2.24) is 0 Å². The van der Waals surface area contributed by atoms with E-state index in [1.165, 1.54) is 128 Å². The molecule has 1 heterocycles. The van der Waals surface area contributed by atoms with Crippen LogP contribution in [0.1, 0.15) is 219 Å². The van der Waals surface area contributed by atoms with Gasteiger partial charge in [0.25, 0.3) is 10.1 Å². The molecule has 1 rings (SSSR count). The molecule has 1 aliphatic heterocycles. The van der Waals surface area contributed by atoms with Gasteiger partial charge in [0, 0.05) is 12.8 Å². The summed E-state index contributed by atoms with van der Waals surface area (Å²) in [6.45, 7) is 3.73. The van der Waals surface area contributed by atoms with Gasteiger partial charge in [0.2, 0.25) is 0 Å². The van der Waals surface area contributed by atoms with Crippen LogP contribution in [0, 0.1) is 0 Å². The summed E-state index contributed by atoms with van der Waals surface area (Å²) in [6.07, 6.45) is 39.2. The topological polar surface area (TPSA) is 186 Å². The molecule has 0 aromatic carbocycles. The average molecular weight is 929 g/mol. The third kappa shape index (κ3) is 35.1. The van der Waals surface area contributed by atoms with E-state index < -0.39 is 71.2 Å². The molecule has 12 nitrogen and oxygen atoms in total. The number of carbonyl (C=O) groups excluding carboxylic acids is 2. The van der Waals surface area contributed by atoms with Crippen LogP contribution in [0.25, 0.3) is 0 Å². The molecule has 4 N–H and O–H groups in total. The lowest BCUT2D eigenvalue weighted by Gasteiger charge is -2.40. The smallest absolute Gasteiger partial charge is 0.306 e. The number of hydrogen-bond donors (Lipinski definition) is 4. The van der Waals surface area contributed by atoms with Crippen molar-refractivity contribution in [2.24, 2.45) is 0 Å². The fourth-order valence-electron chi connectivity index (χ4n) is 7.69. The molecule has 0 radical (unpaired) electrons. The Morgan fingerprint density at radius 1 is 0.516 bits per heavy atom. The maximum atomic E-state index is 12.8.